The SMILES string of the molecule is Cc1c(C(=O)O)cccc1S(=O)(=O)CCCCCCO. The highest BCUT2D eigenvalue weighted by atomic mass is 32.2. The third-order valence-corrected chi connectivity index (χ3v) is 5.11. The minimum Gasteiger partial charge on any atom is -0.478 e. The minimum absolute atomic E-state index is 0.00232. The molecule has 0 heterocycles. The van der Waals surface area contributed by atoms with Crippen LogP contribution >= 0.6 is 0 Å². The molecule has 0 aliphatic rings. The molecular formula is C14H20O5S. The summed E-state index contributed by atoms with van der Waals surface area (Å²) in [5, 5.41) is 17.7. The molecule has 0 saturated heterocycles. The Bertz CT molecular complexity index is 563. The summed E-state index contributed by atoms with van der Waals surface area (Å²) in [4.78, 5) is 11.1. The lowest BCUT2D eigenvalue weighted by Crippen LogP contribution is -2.11. The van der Waals surface area contributed by atoms with Crippen molar-refractivity contribution in [3.05, 3.63) is 29.3 Å². The fourth-order valence-corrected chi connectivity index (χ4v) is 3.72. The van der Waals surface area contributed by atoms with Gasteiger partial charge in [0.05, 0.1) is 16.2 Å². The molecule has 5 nitrogen and oxygen atoms in total. The smallest absolute Gasteiger partial charge is 0.335 e. The van der Waals surface area contributed by atoms with E-state index in [1.165, 1.54) is 25.1 Å². The van der Waals surface area contributed by atoms with Gasteiger partial charge in [-0.15, -0.1) is 0 Å². The molecule has 1 aromatic carbocycles. The number of hydrogen-bond donors (Lipinski definition) is 2. The topological polar surface area (TPSA) is 91.7 Å². The zero-order valence-corrected chi connectivity index (χ0v) is 12.3. The van der Waals surface area contributed by atoms with Gasteiger partial charge in [0.25, 0.3) is 0 Å². The Labute approximate surface area is 119 Å². The Morgan fingerprint density at radius 2 is 1.80 bits per heavy atom. The molecule has 6 heteroatoms. The Hall–Kier alpha value is -1.40. The van der Waals surface area contributed by atoms with E-state index < -0.39 is 15.8 Å². The number of aliphatic hydroxyl groups is 1. The molecule has 0 bridgehead atoms. The minimum atomic E-state index is -3.46. The number of hydrogen-bond acceptors (Lipinski definition) is 4. The lowest BCUT2D eigenvalue weighted by molar-refractivity contribution is 0.0696. The fourth-order valence-electron chi connectivity index (χ4n) is 2.05. The molecule has 0 spiro atoms. The molecule has 0 aliphatic heterocycles. The highest BCUT2D eigenvalue weighted by Crippen LogP contribution is 2.21. The van der Waals surface area contributed by atoms with E-state index >= 15 is 0 Å². The molecule has 0 radical (unpaired) electrons. The quantitative estimate of drug-likeness (QED) is 0.717. The van der Waals surface area contributed by atoms with Crippen LogP contribution in [0.1, 0.15) is 41.6 Å². The number of carboxylic acid groups (broad SMARTS) is 1. The number of carbonyl (C=O) groups is 1. The molecule has 0 saturated carbocycles. The molecule has 0 aromatic heterocycles. The van der Waals surface area contributed by atoms with Gasteiger partial charge < -0.3 is 10.2 Å². The molecule has 0 amide bonds. The van der Waals surface area contributed by atoms with Crippen LogP contribution in [0.4, 0.5) is 0 Å². The summed E-state index contributed by atoms with van der Waals surface area (Å²) >= 11 is 0. The predicted octanol–water partition coefficient (Wildman–Crippen LogP) is 2.02. The first-order chi connectivity index (χ1) is 9.40. The van der Waals surface area contributed by atoms with E-state index in [1.807, 2.05) is 0 Å². The average molecular weight is 300 g/mol. The summed E-state index contributed by atoms with van der Waals surface area (Å²) in [5.74, 6) is -1.12. The van der Waals surface area contributed by atoms with Crippen LogP contribution in [0, 0.1) is 6.92 Å². The molecule has 0 atom stereocenters. The van der Waals surface area contributed by atoms with Crippen molar-refractivity contribution < 1.29 is 23.4 Å². The number of benzene rings is 1. The highest BCUT2D eigenvalue weighted by Gasteiger charge is 2.20. The van der Waals surface area contributed by atoms with E-state index in [1.54, 1.807) is 0 Å². The van der Waals surface area contributed by atoms with Crippen molar-refractivity contribution in [3.63, 3.8) is 0 Å². The Balaban J connectivity index is 2.83. The molecule has 0 aliphatic carbocycles. The Morgan fingerprint density at radius 3 is 2.40 bits per heavy atom. The van der Waals surface area contributed by atoms with Crippen LogP contribution in [0.5, 0.6) is 0 Å². The van der Waals surface area contributed by atoms with E-state index in [0.717, 1.165) is 12.8 Å². The van der Waals surface area contributed by atoms with Crippen molar-refractivity contribution in [2.24, 2.45) is 0 Å². The van der Waals surface area contributed by atoms with Gasteiger partial charge in [-0.1, -0.05) is 18.9 Å². The van der Waals surface area contributed by atoms with E-state index in [4.69, 9.17) is 10.2 Å². The van der Waals surface area contributed by atoms with E-state index in [2.05, 4.69) is 0 Å². The molecule has 1 rings (SSSR count). The third-order valence-electron chi connectivity index (χ3n) is 3.17. The van der Waals surface area contributed by atoms with Crippen molar-refractivity contribution >= 4 is 15.8 Å². The average Bonchev–Trinajstić information content (AvgIpc) is 2.38. The first-order valence-electron chi connectivity index (χ1n) is 6.56. The van der Waals surface area contributed by atoms with Gasteiger partial charge in [-0.25, -0.2) is 13.2 Å². The normalized spacial score (nSPS) is 11.5. The summed E-state index contributed by atoms with van der Waals surface area (Å²) in [6.07, 6.45) is 2.71. The molecule has 0 fully saturated rings. The zero-order valence-electron chi connectivity index (χ0n) is 11.5. The summed E-state index contributed by atoms with van der Waals surface area (Å²) in [6.45, 7) is 1.63. The van der Waals surface area contributed by atoms with Crippen LogP contribution < -0.4 is 0 Å². The molecule has 112 valence electrons. The van der Waals surface area contributed by atoms with Gasteiger partial charge in [-0.3, -0.25) is 0 Å². The van der Waals surface area contributed by atoms with Crippen LogP contribution in [0.15, 0.2) is 23.1 Å². The van der Waals surface area contributed by atoms with Crippen LogP contribution in [0.3, 0.4) is 0 Å². The van der Waals surface area contributed by atoms with Crippen LogP contribution in [0.25, 0.3) is 0 Å². The van der Waals surface area contributed by atoms with E-state index in [-0.39, 0.29) is 28.4 Å². The summed E-state index contributed by atoms with van der Waals surface area (Å²) in [6, 6.07) is 4.30. The Kier molecular flexibility index (Phi) is 6.16. The van der Waals surface area contributed by atoms with Crippen molar-refractivity contribution in [2.45, 2.75) is 37.5 Å². The van der Waals surface area contributed by atoms with Crippen LogP contribution in [0.2, 0.25) is 0 Å². The fraction of sp³-hybridized carbons (Fsp3) is 0.500. The van der Waals surface area contributed by atoms with E-state index in [9.17, 15) is 13.2 Å². The van der Waals surface area contributed by atoms with Gasteiger partial charge in [0.1, 0.15) is 0 Å². The molecule has 2 N–H and O–H groups in total. The number of unbranched alkanes of at least 4 members (excludes halogenated alkanes) is 3. The van der Waals surface area contributed by atoms with Gasteiger partial charge >= 0.3 is 5.97 Å². The van der Waals surface area contributed by atoms with Crippen LogP contribution in [-0.4, -0.2) is 37.0 Å². The summed E-state index contributed by atoms with van der Waals surface area (Å²) in [7, 11) is -3.46. The summed E-state index contributed by atoms with van der Waals surface area (Å²) in [5.41, 5.74) is 0.307. The molecule has 0 unspecified atom stereocenters. The van der Waals surface area contributed by atoms with Gasteiger partial charge in [-0.05, 0) is 37.5 Å². The van der Waals surface area contributed by atoms with Crippen molar-refractivity contribution in [2.75, 3.05) is 12.4 Å². The number of sulfone groups is 1. The number of aromatic carboxylic acids is 1. The van der Waals surface area contributed by atoms with Gasteiger partial charge in [-0.2, -0.15) is 0 Å². The largest absolute Gasteiger partial charge is 0.478 e. The molecule has 20 heavy (non-hydrogen) atoms. The second-order valence-electron chi connectivity index (χ2n) is 4.69. The van der Waals surface area contributed by atoms with Crippen LogP contribution in [-0.2, 0) is 9.84 Å². The van der Waals surface area contributed by atoms with Gasteiger partial charge in [0, 0.05) is 6.61 Å². The molecular weight excluding hydrogens is 280 g/mol. The van der Waals surface area contributed by atoms with Gasteiger partial charge in [0.2, 0.25) is 0 Å². The lowest BCUT2D eigenvalue weighted by Gasteiger charge is -2.09. The standard InChI is InChI=1S/C14H20O5S/c1-11-12(14(16)17)7-6-8-13(11)20(18,19)10-5-3-2-4-9-15/h6-8,15H,2-5,9-10H2,1H3,(H,16,17). The third kappa shape index (κ3) is 4.31. The van der Waals surface area contributed by atoms with Crippen molar-refractivity contribution in [1.29, 1.82) is 0 Å². The second kappa shape index (κ2) is 7.40. The first-order valence-corrected chi connectivity index (χ1v) is 8.22. The highest BCUT2D eigenvalue weighted by molar-refractivity contribution is 7.91. The summed E-state index contributed by atoms with van der Waals surface area (Å²) < 4.78 is 24.4. The second-order valence-corrected chi connectivity index (χ2v) is 6.77. The maximum absolute atomic E-state index is 12.2. The maximum atomic E-state index is 12.2. The van der Waals surface area contributed by atoms with Crippen molar-refractivity contribution in [3.8, 4) is 0 Å². The Morgan fingerprint density at radius 1 is 1.15 bits per heavy atom. The van der Waals surface area contributed by atoms with Gasteiger partial charge in [0.15, 0.2) is 9.84 Å². The zero-order chi connectivity index (χ0) is 15.2. The first kappa shape index (κ1) is 16.7. The van der Waals surface area contributed by atoms with E-state index in [0.29, 0.717) is 12.8 Å². The number of aliphatic hydroxyl groups excluding tert-OH is 1. The number of carboxylic acids is 1. The predicted molar refractivity (Wildman–Crippen MR) is 75.7 cm³/mol. The number of rotatable bonds is 8. The lowest BCUT2D eigenvalue weighted by atomic mass is 10.1. The van der Waals surface area contributed by atoms with Crippen molar-refractivity contribution in [1.82, 2.24) is 0 Å². The monoisotopic (exact) mass is 300 g/mol. The molecule has 1 aromatic rings. The maximum Gasteiger partial charge on any atom is 0.335 e.